The largest absolute Gasteiger partial charge is 0.385 e. The zero-order valence-electron chi connectivity index (χ0n) is 16.2. The van der Waals surface area contributed by atoms with Crippen molar-refractivity contribution in [2.45, 2.75) is 32.6 Å². The van der Waals surface area contributed by atoms with Gasteiger partial charge in [-0.1, -0.05) is 35.9 Å². The summed E-state index contributed by atoms with van der Waals surface area (Å²) in [5.74, 6) is -0.0660. The number of nitrogens with zero attached hydrogens (tertiary/aromatic N) is 2. The Morgan fingerprint density at radius 3 is 2.61 bits per heavy atom. The molecule has 0 unspecified atom stereocenters. The Hall–Kier alpha value is -3.08. The molecule has 28 heavy (non-hydrogen) atoms. The summed E-state index contributed by atoms with van der Waals surface area (Å²) in [7, 11) is 0. The fourth-order valence-electron chi connectivity index (χ4n) is 3.68. The minimum Gasteiger partial charge on any atom is -0.385 e. The van der Waals surface area contributed by atoms with Gasteiger partial charge in [0, 0.05) is 30.0 Å². The topological polar surface area (TPSA) is 59.0 Å². The number of amides is 1. The number of para-hydroxylation sites is 1. The van der Waals surface area contributed by atoms with Crippen molar-refractivity contribution >= 4 is 11.6 Å². The molecule has 3 aromatic rings. The molecule has 0 saturated heterocycles. The van der Waals surface area contributed by atoms with E-state index < -0.39 is 0 Å². The second-order valence-corrected chi connectivity index (χ2v) is 7.28. The number of benzene rings is 2. The van der Waals surface area contributed by atoms with Crippen molar-refractivity contribution in [2.75, 3.05) is 18.4 Å². The molecular formula is C23H26N4O. The van der Waals surface area contributed by atoms with Crippen molar-refractivity contribution in [3.05, 3.63) is 77.1 Å². The van der Waals surface area contributed by atoms with Crippen LogP contribution in [0.15, 0.2) is 54.6 Å². The van der Waals surface area contributed by atoms with E-state index in [1.165, 1.54) is 11.3 Å². The van der Waals surface area contributed by atoms with E-state index in [4.69, 9.17) is 0 Å². The van der Waals surface area contributed by atoms with Gasteiger partial charge in [-0.05, 0) is 56.9 Å². The number of hydrogen-bond acceptors (Lipinski definition) is 3. The molecule has 1 heterocycles. The Morgan fingerprint density at radius 2 is 1.82 bits per heavy atom. The summed E-state index contributed by atoms with van der Waals surface area (Å²) in [6, 6.07) is 18.4. The molecule has 1 amide bonds. The number of nitrogens with one attached hydrogen (secondary N) is 2. The Kier molecular flexibility index (Phi) is 5.42. The van der Waals surface area contributed by atoms with Crippen LogP contribution < -0.4 is 10.6 Å². The predicted octanol–water partition coefficient (Wildman–Crippen LogP) is 3.90. The highest BCUT2D eigenvalue weighted by Crippen LogP contribution is 2.27. The molecule has 0 atom stereocenters. The predicted molar refractivity (Wildman–Crippen MR) is 112 cm³/mol. The van der Waals surface area contributed by atoms with E-state index in [2.05, 4.69) is 46.9 Å². The number of anilines is 1. The number of hydrogen-bond donors (Lipinski definition) is 2. The van der Waals surface area contributed by atoms with Crippen LogP contribution in [0.25, 0.3) is 5.69 Å². The fourth-order valence-corrected chi connectivity index (χ4v) is 3.68. The fraction of sp³-hybridized carbons (Fsp3) is 0.304. The van der Waals surface area contributed by atoms with Crippen molar-refractivity contribution in [2.24, 2.45) is 0 Å². The molecule has 0 bridgehead atoms. The number of aromatic nitrogens is 2. The van der Waals surface area contributed by atoms with Crippen molar-refractivity contribution in [3.8, 4) is 5.69 Å². The normalized spacial score (nSPS) is 12.6. The maximum Gasteiger partial charge on any atom is 0.272 e. The maximum absolute atomic E-state index is 12.7. The molecule has 0 saturated carbocycles. The van der Waals surface area contributed by atoms with E-state index in [1.807, 2.05) is 35.0 Å². The van der Waals surface area contributed by atoms with Crippen molar-refractivity contribution < 1.29 is 4.79 Å². The summed E-state index contributed by atoms with van der Waals surface area (Å²) in [5.41, 5.74) is 6.22. The van der Waals surface area contributed by atoms with E-state index in [9.17, 15) is 4.79 Å². The second kappa shape index (κ2) is 8.30. The summed E-state index contributed by atoms with van der Waals surface area (Å²) in [4.78, 5) is 12.7. The molecule has 1 aliphatic rings. The van der Waals surface area contributed by atoms with Crippen molar-refractivity contribution in [3.63, 3.8) is 0 Å². The maximum atomic E-state index is 12.7. The van der Waals surface area contributed by atoms with Crippen LogP contribution in [-0.4, -0.2) is 28.8 Å². The number of carbonyl (C=O) groups excluding carboxylic acids is 1. The van der Waals surface area contributed by atoms with Crippen LogP contribution in [0, 0.1) is 6.92 Å². The molecule has 4 rings (SSSR count). The smallest absolute Gasteiger partial charge is 0.272 e. The monoisotopic (exact) mass is 374 g/mol. The van der Waals surface area contributed by atoms with E-state index >= 15 is 0 Å². The van der Waals surface area contributed by atoms with Crippen LogP contribution in [0.1, 0.15) is 40.2 Å². The van der Waals surface area contributed by atoms with Gasteiger partial charge >= 0.3 is 0 Å². The summed E-state index contributed by atoms with van der Waals surface area (Å²) in [6.45, 7) is 3.52. The number of fused-ring (bicyclic) bond motifs is 1. The van der Waals surface area contributed by atoms with Crippen LogP contribution in [0.5, 0.6) is 0 Å². The quantitative estimate of drug-likeness (QED) is 0.617. The van der Waals surface area contributed by atoms with E-state index in [1.54, 1.807) is 0 Å². The molecule has 5 nitrogen and oxygen atoms in total. The van der Waals surface area contributed by atoms with Crippen molar-refractivity contribution in [1.82, 2.24) is 15.1 Å². The number of rotatable bonds is 7. The standard InChI is InChI=1S/C23H26N4O/c1-17-11-13-19(14-12-17)27-21-10-5-9-20(21)22(26-27)23(28)25-16-6-15-24-18-7-3-2-4-8-18/h2-4,7-8,11-14,24H,5-6,9-10,15-16H2,1H3,(H,25,28). The minimum atomic E-state index is -0.0660. The molecule has 5 heteroatoms. The van der Waals surface area contributed by atoms with Crippen LogP contribution in [0.2, 0.25) is 0 Å². The molecule has 1 aliphatic carbocycles. The number of aryl methyl sites for hydroxylation is 1. The highest BCUT2D eigenvalue weighted by Gasteiger charge is 2.26. The van der Waals surface area contributed by atoms with Gasteiger partial charge in [-0.2, -0.15) is 5.10 Å². The van der Waals surface area contributed by atoms with Gasteiger partial charge in [0.05, 0.1) is 5.69 Å². The van der Waals surface area contributed by atoms with Gasteiger partial charge in [-0.15, -0.1) is 0 Å². The first-order valence-corrected chi connectivity index (χ1v) is 9.97. The average Bonchev–Trinajstić information content (AvgIpc) is 3.32. The zero-order chi connectivity index (χ0) is 19.3. The molecule has 0 aliphatic heterocycles. The summed E-state index contributed by atoms with van der Waals surface area (Å²) in [5, 5.41) is 11.1. The third-order valence-corrected chi connectivity index (χ3v) is 5.17. The van der Waals surface area contributed by atoms with Gasteiger partial charge in [0.2, 0.25) is 0 Å². The second-order valence-electron chi connectivity index (χ2n) is 7.28. The zero-order valence-corrected chi connectivity index (χ0v) is 16.2. The highest BCUT2D eigenvalue weighted by atomic mass is 16.1. The summed E-state index contributed by atoms with van der Waals surface area (Å²) < 4.78 is 1.95. The Balaban J connectivity index is 1.38. The molecule has 144 valence electrons. The molecule has 1 aromatic heterocycles. The van der Waals surface area contributed by atoms with Crippen molar-refractivity contribution in [1.29, 1.82) is 0 Å². The van der Waals surface area contributed by atoms with Gasteiger partial charge in [0.1, 0.15) is 0 Å². The van der Waals surface area contributed by atoms with Gasteiger partial charge in [0.15, 0.2) is 5.69 Å². The summed E-state index contributed by atoms with van der Waals surface area (Å²) in [6.07, 6.45) is 3.85. The van der Waals surface area contributed by atoms with Crippen LogP contribution in [-0.2, 0) is 12.8 Å². The first kappa shape index (κ1) is 18.3. The SMILES string of the molecule is Cc1ccc(-n2nc(C(=O)NCCCNc3ccccc3)c3c2CCC3)cc1. The third-order valence-electron chi connectivity index (χ3n) is 5.17. The molecule has 0 fully saturated rings. The van der Waals surface area contributed by atoms with Crippen LogP contribution in [0.4, 0.5) is 5.69 Å². The van der Waals surface area contributed by atoms with E-state index in [0.29, 0.717) is 12.2 Å². The molecule has 0 radical (unpaired) electrons. The van der Waals surface area contributed by atoms with Gasteiger partial charge < -0.3 is 10.6 Å². The molecule has 0 spiro atoms. The lowest BCUT2D eigenvalue weighted by atomic mass is 10.2. The molecule has 2 N–H and O–H groups in total. The van der Waals surface area contributed by atoms with Gasteiger partial charge in [-0.25, -0.2) is 4.68 Å². The first-order chi connectivity index (χ1) is 13.7. The van der Waals surface area contributed by atoms with Crippen LogP contribution in [0.3, 0.4) is 0 Å². The number of carbonyl (C=O) groups is 1. The minimum absolute atomic E-state index is 0.0660. The third kappa shape index (κ3) is 3.93. The van der Waals surface area contributed by atoms with E-state index in [-0.39, 0.29) is 5.91 Å². The van der Waals surface area contributed by atoms with Gasteiger partial charge in [0.25, 0.3) is 5.91 Å². The van der Waals surface area contributed by atoms with Gasteiger partial charge in [-0.3, -0.25) is 4.79 Å². The highest BCUT2D eigenvalue weighted by molar-refractivity contribution is 5.94. The lowest BCUT2D eigenvalue weighted by molar-refractivity contribution is 0.0947. The first-order valence-electron chi connectivity index (χ1n) is 9.97. The Labute approximate surface area is 165 Å². The molecular weight excluding hydrogens is 348 g/mol. The Morgan fingerprint density at radius 1 is 1.04 bits per heavy atom. The lowest BCUT2D eigenvalue weighted by Crippen LogP contribution is -2.27. The summed E-state index contributed by atoms with van der Waals surface area (Å²) >= 11 is 0. The van der Waals surface area contributed by atoms with Crippen LogP contribution >= 0.6 is 0 Å². The Bertz CT molecular complexity index is 945. The molecule has 2 aromatic carbocycles. The average molecular weight is 374 g/mol. The lowest BCUT2D eigenvalue weighted by Gasteiger charge is -2.07. The van der Waals surface area contributed by atoms with E-state index in [0.717, 1.165) is 49.2 Å².